The van der Waals surface area contributed by atoms with E-state index in [1.165, 1.54) is 12.7 Å². The third-order valence-electron chi connectivity index (χ3n) is 1.84. The predicted molar refractivity (Wildman–Crippen MR) is 49.5 cm³/mol. The van der Waals surface area contributed by atoms with Gasteiger partial charge in [0.25, 0.3) is 0 Å². The van der Waals surface area contributed by atoms with Crippen LogP contribution >= 0.6 is 0 Å². The molecular formula is C9H19NO2. The second-order valence-corrected chi connectivity index (χ2v) is 3.15. The zero-order valence-electron chi connectivity index (χ0n) is 8.39. The fourth-order valence-corrected chi connectivity index (χ4v) is 0.974. The third kappa shape index (κ3) is 4.49. The molecule has 0 rings (SSSR count). The number of hydrogen-bond donors (Lipinski definition) is 1. The minimum atomic E-state index is -0.102. The number of quaternary nitrogens is 1. The Morgan fingerprint density at radius 1 is 1.58 bits per heavy atom. The van der Waals surface area contributed by atoms with Crippen molar-refractivity contribution in [2.24, 2.45) is 0 Å². The standard InChI is InChI=1S/C9H19NO2/c1-5-9(10(11)12-4)7-6-8(2)3/h6,9-10H,5,7H2,1-4H3. The molecule has 0 aliphatic heterocycles. The molecule has 0 spiro atoms. The Labute approximate surface area is 74.5 Å². The van der Waals surface area contributed by atoms with E-state index in [9.17, 15) is 5.21 Å². The number of hydroxylamine groups is 2. The van der Waals surface area contributed by atoms with Crippen LogP contribution in [0.3, 0.4) is 0 Å². The minimum absolute atomic E-state index is 0.0323. The van der Waals surface area contributed by atoms with Gasteiger partial charge in [0.15, 0.2) is 0 Å². The van der Waals surface area contributed by atoms with Gasteiger partial charge in [0.2, 0.25) is 0 Å². The lowest BCUT2D eigenvalue weighted by Gasteiger charge is -2.25. The molecule has 2 atom stereocenters. The zero-order valence-corrected chi connectivity index (χ0v) is 8.39. The van der Waals surface area contributed by atoms with Gasteiger partial charge in [-0.15, -0.1) is 0 Å². The van der Waals surface area contributed by atoms with Crippen molar-refractivity contribution in [3.8, 4) is 0 Å². The second kappa shape index (κ2) is 6.17. The van der Waals surface area contributed by atoms with Crippen LogP contribution in [0.2, 0.25) is 0 Å². The van der Waals surface area contributed by atoms with Crippen LogP contribution in [0.15, 0.2) is 11.6 Å². The predicted octanol–water partition coefficient (Wildman–Crippen LogP) is 1.07. The van der Waals surface area contributed by atoms with Crippen molar-refractivity contribution in [2.75, 3.05) is 7.11 Å². The molecule has 0 fully saturated rings. The maximum absolute atomic E-state index is 11.1. The lowest BCUT2D eigenvalue weighted by molar-refractivity contribution is -1.07. The summed E-state index contributed by atoms with van der Waals surface area (Å²) in [6.07, 6.45) is 3.72. The SMILES string of the molecule is CCC(CC=C(C)C)[NH+]([O-])OC. The Morgan fingerprint density at radius 3 is 2.50 bits per heavy atom. The van der Waals surface area contributed by atoms with E-state index in [0.717, 1.165) is 12.8 Å². The minimum Gasteiger partial charge on any atom is -0.600 e. The van der Waals surface area contributed by atoms with Crippen LogP contribution in [-0.2, 0) is 4.84 Å². The Hall–Kier alpha value is -0.380. The maximum Gasteiger partial charge on any atom is 0.120 e. The number of nitrogens with one attached hydrogen (secondary N) is 1. The Kier molecular flexibility index (Phi) is 5.98. The summed E-state index contributed by atoms with van der Waals surface area (Å²) >= 11 is 0. The molecule has 3 nitrogen and oxygen atoms in total. The summed E-state index contributed by atoms with van der Waals surface area (Å²) in [6, 6.07) is 0.0323. The first-order valence-electron chi connectivity index (χ1n) is 4.33. The Morgan fingerprint density at radius 2 is 2.17 bits per heavy atom. The second-order valence-electron chi connectivity index (χ2n) is 3.15. The zero-order chi connectivity index (χ0) is 9.56. The van der Waals surface area contributed by atoms with Crippen LogP contribution in [0.1, 0.15) is 33.6 Å². The van der Waals surface area contributed by atoms with Crippen molar-refractivity contribution in [1.82, 2.24) is 0 Å². The summed E-state index contributed by atoms with van der Waals surface area (Å²) < 4.78 is 0. The van der Waals surface area contributed by atoms with E-state index in [-0.39, 0.29) is 11.3 Å². The smallest absolute Gasteiger partial charge is 0.120 e. The molecule has 0 aliphatic rings. The van der Waals surface area contributed by atoms with Crippen molar-refractivity contribution in [3.63, 3.8) is 0 Å². The molecule has 72 valence electrons. The molecule has 0 aliphatic carbocycles. The molecule has 0 aromatic heterocycles. The number of allylic oxidation sites excluding steroid dienone is 1. The van der Waals surface area contributed by atoms with Gasteiger partial charge in [-0.3, -0.25) is 0 Å². The van der Waals surface area contributed by atoms with Gasteiger partial charge in [-0.2, -0.15) is 0 Å². The first kappa shape index (κ1) is 11.6. The van der Waals surface area contributed by atoms with Crippen LogP contribution in [0.25, 0.3) is 0 Å². The van der Waals surface area contributed by atoms with Crippen LogP contribution in [0.4, 0.5) is 0 Å². The molecule has 0 heterocycles. The van der Waals surface area contributed by atoms with Crippen molar-refractivity contribution < 1.29 is 10.1 Å². The van der Waals surface area contributed by atoms with E-state index in [1.807, 2.05) is 20.8 Å². The number of rotatable bonds is 5. The van der Waals surface area contributed by atoms with Crippen molar-refractivity contribution in [2.45, 2.75) is 39.7 Å². The van der Waals surface area contributed by atoms with E-state index < -0.39 is 0 Å². The Bertz CT molecular complexity index is 141. The van der Waals surface area contributed by atoms with Gasteiger partial charge in [0.05, 0.1) is 7.11 Å². The topological polar surface area (TPSA) is 36.7 Å². The molecule has 0 aromatic rings. The van der Waals surface area contributed by atoms with E-state index in [1.54, 1.807) is 0 Å². The van der Waals surface area contributed by atoms with Crippen molar-refractivity contribution in [1.29, 1.82) is 0 Å². The van der Waals surface area contributed by atoms with Crippen LogP contribution < -0.4 is 5.23 Å². The van der Waals surface area contributed by atoms with E-state index >= 15 is 0 Å². The molecule has 0 bridgehead atoms. The fourth-order valence-electron chi connectivity index (χ4n) is 0.974. The summed E-state index contributed by atoms with van der Waals surface area (Å²) in [4.78, 5) is 4.67. The van der Waals surface area contributed by atoms with Gasteiger partial charge in [-0.25, -0.2) is 10.1 Å². The largest absolute Gasteiger partial charge is 0.600 e. The van der Waals surface area contributed by atoms with Gasteiger partial charge >= 0.3 is 0 Å². The quantitative estimate of drug-likeness (QED) is 0.498. The van der Waals surface area contributed by atoms with E-state index in [2.05, 4.69) is 10.9 Å². The molecule has 0 saturated heterocycles. The normalized spacial score (nSPS) is 15.4. The van der Waals surface area contributed by atoms with Gasteiger partial charge in [0.1, 0.15) is 6.04 Å². The van der Waals surface area contributed by atoms with E-state index in [0.29, 0.717) is 0 Å². The molecule has 12 heavy (non-hydrogen) atoms. The van der Waals surface area contributed by atoms with Gasteiger partial charge < -0.3 is 5.21 Å². The molecule has 0 amide bonds. The fraction of sp³-hybridized carbons (Fsp3) is 0.778. The summed E-state index contributed by atoms with van der Waals surface area (Å²) in [6.45, 7) is 6.06. The highest BCUT2D eigenvalue weighted by atomic mass is 16.9. The van der Waals surface area contributed by atoms with Crippen LogP contribution in [-0.4, -0.2) is 13.2 Å². The molecule has 0 radical (unpaired) electrons. The summed E-state index contributed by atoms with van der Waals surface area (Å²) in [5.74, 6) is 0. The van der Waals surface area contributed by atoms with Gasteiger partial charge in [-0.05, 0) is 13.8 Å². The van der Waals surface area contributed by atoms with Crippen LogP contribution in [0, 0.1) is 5.21 Å². The lowest BCUT2D eigenvalue weighted by atomic mass is 10.1. The Balaban J connectivity index is 3.91. The average molecular weight is 173 g/mol. The monoisotopic (exact) mass is 173 g/mol. The van der Waals surface area contributed by atoms with Crippen LogP contribution in [0.5, 0.6) is 0 Å². The van der Waals surface area contributed by atoms with Gasteiger partial charge in [-0.1, -0.05) is 18.6 Å². The molecule has 0 saturated carbocycles. The molecule has 0 aromatic carbocycles. The molecule has 3 heteroatoms. The van der Waals surface area contributed by atoms with E-state index in [4.69, 9.17) is 0 Å². The molecular weight excluding hydrogens is 154 g/mol. The lowest BCUT2D eigenvalue weighted by Crippen LogP contribution is -3.09. The van der Waals surface area contributed by atoms with Gasteiger partial charge in [0, 0.05) is 12.8 Å². The number of hydrogen-bond acceptors (Lipinski definition) is 2. The summed E-state index contributed by atoms with van der Waals surface area (Å²) in [5, 5.41) is 11.0. The first-order valence-corrected chi connectivity index (χ1v) is 4.33. The highest BCUT2D eigenvalue weighted by Crippen LogP contribution is 1.98. The van der Waals surface area contributed by atoms with Crippen molar-refractivity contribution in [3.05, 3.63) is 16.9 Å². The first-order chi connectivity index (χ1) is 5.61. The van der Waals surface area contributed by atoms with Crippen molar-refractivity contribution >= 4 is 0 Å². The summed E-state index contributed by atoms with van der Waals surface area (Å²) in [7, 11) is 1.44. The highest BCUT2D eigenvalue weighted by molar-refractivity contribution is 4.93. The third-order valence-corrected chi connectivity index (χ3v) is 1.84. The molecule has 1 N–H and O–H groups in total. The average Bonchev–Trinajstić information content (AvgIpc) is 2.04. The molecule has 2 unspecified atom stereocenters. The highest BCUT2D eigenvalue weighted by Gasteiger charge is 2.11. The summed E-state index contributed by atoms with van der Waals surface area (Å²) in [5.41, 5.74) is 1.25. The maximum atomic E-state index is 11.1.